The molecule has 0 bridgehead atoms. The number of carboxylic acids is 1. The minimum Gasteiger partial charge on any atom is -0.480 e. The number of carbonyl (C=O) groups is 3. The van der Waals surface area contributed by atoms with E-state index in [0.717, 1.165) is 17.7 Å². The Labute approximate surface area is 117 Å². The number of carbonyl (C=O) groups excluding carboxylic acids is 2. The molecule has 0 aromatic heterocycles. The molecule has 0 radical (unpaired) electrons. The van der Waals surface area contributed by atoms with Crippen molar-refractivity contribution in [3.05, 3.63) is 0 Å². The normalized spacial score (nSPS) is 10.4. The summed E-state index contributed by atoms with van der Waals surface area (Å²) in [6.07, 6.45) is 0.170. The van der Waals surface area contributed by atoms with Crippen LogP contribution in [0.4, 0.5) is 0 Å². The molecule has 0 fully saturated rings. The average Bonchev–Trinajstić information content (AvgIpc) is 2.34. The average molecular weight is 290 g/mol. The van der Waals surface area contributed by atoms with E-state index in [1.165, 1.54) is 0 Å². The first-order chi connectivity index (χ1) is 9.36. The van der Waals surface area contributed by atoms with Crippen LogP contribution in [-0.2, 0) is 14.4 Å². The third-order valence-electron chi connectivity index (χ3n) is 2.48. The molecular weight excluding hydrogens is 268 g/mol. The van der Waals surface area contributed by atoms with Crippen LogP contribution < -0.4 is 5.32 Å². The Morgan fingerprint density at radius 1 is 1.20 bits per heavy atom. The van der Waals surface area contributed by atoms with Crippen LogP contribution in [0.2, 0.25) is 0 Å². The molecule has 0 saturated carbocycles. The minimum absolute atomic E-state index is 0.0855. The highest BCUT2D eigenvalue weighted by Crippen LogP contribution is 1.97. The highest BCUT2D eigenvalue weighted by atomic mass is 16.5. The first-order valence-electron chi connectivity index (χ1n) is 6.49. The van der Waals surface area contributed by atoms with Gasteiger partial charge in [0.1, 0.15) is 6.54 Å². The first kappa shape index (κ1) is 18.3. The van der Waals surface area contributed by atoms with Gasteiger partial charge in [0, 0.05) is 19.4 Å². The van der Waals surface area contributed by atoms with Crippen molar-refractivity contribution in [1.82, 2.24) is 10.2 Å². The third-order valence-corrected chi connectivity index (χ3v) is 2.48. The Morgan fingerprint density at radius 3 is 2.35 bits per heavy atom. The van der Waals surface area contributed by atoms with E-state index in [4.69, 9.17) is 15.3 Å². The molecule has 0 unspecified atom stereocenters. The number of amides is 2. The molecule has 0 spiro atoms. The van der Waals surface area contributed by atoms with E-state index >= 15 is 0 Å². The van der Waals surface area contributed by atoms with Gasteiger partial charge in [0.05, 0.1) is 6.54 Å². The first-order valence-corrected chi connectivity index (χ1v) is 6.49. The van der Waals surface area contributed by atoms with E-state index in [9.17, 15) is 14.4 Å². The number of rotatable bonds is 10. The van der Waals surface area contributed by atoms with Crippen LogP contribution in [0, 0.1) is 0 Å². The van der Waals surface area contributed by atoms with Crippen molar-refractivity contribution in [1.29, 1.82) is 0 Å². The number of hydrogen-bond acceptors (Lipinski definition) is 5. The maximum Gasteiger partial charge on any atom is 0.323 e. The molecule has 0 heterocycles. The molecule has 0 aliphatic carbocycles. The maximum absolute atomic E-state index is 11.7. The molecule has 0 saturated heterocycles. The number of carboxylic acid groups (broad SMARTS) is 1. The minimum atomic E-state index is -1.79. The van der Waals surface area contributed by atoms with Crippen molar-refractivity contribution in [3.63, 3.8) is 0 Å². The number of hydrogen-bond donors (Lipinski definition) is 4. The molecule has 2 amide bonds. The van der Waals surface area contributed by atoms with Crippen LogP contribution in [-0.4, -0.2) is 63.9 Å². The number of unbranched alkanes of at least 4 members (excludes halogenated alkanes) is 1. The number of aliphatic hydroxyl groups is 2. The van der Waals surface area contributed by atoms with Gasteiger partial charge in [-0.3, -0.25) is 14.4 Å². The van der Waals surface area contributed by atoms with E-state index in [-0.39, 0.29) is 18.9 Å². The summed E-state index contributed by atoms with van der Waals surface area (Å²) in [6, 6.07) is 0. The SMILES string of the molecule is CCCCC(=O)NCCC(=O)N(CC(=O)O)CC(O)O. The van der Waals surface area contributed by atoms with Gasteiger partial charge in [-0.2, -0.15) is 0 Å². The largest absolute Gasteiger partial charge is 0.480 e. The molecule has 8 nitrogen and oxygen atoms in total. The van der Waals surface area contributed by atoms with Crippen LogP contribution in [0.15, 0.2) is 0 Å². The lowest BCUT2D eigenvalue weighted by atomic mass is 10.2. The molecule has 0 atom stereocenters. The molecule has 8 heteroatoms. The quantitative estimate of drug-likeness (QED) is 0.378. The molecule has 0 aromatic rings. The highest BCUT2D eigenvalue weighted by Gasteiger charge is 2.18. The van der Waals surface area contributed by atoms with Crippen LogP contribution >= 0.6 is 0 Å². The molecule has 0 aromatic carbocycles. The van der Waals surface area contributed by atoms with Crippen molar-refractivity contribution >= 4 is 17.8 Å². The summed E-state index contributed by atoms with van der Waals surface area (Å²) in [4.78, 5) is 34.4. The van der Waals surface area contributed by atoms with Crippen LogP contribution in [0.1, 0.15) is 32.6 Å². The van der Waals surface area contributed by atoms with Crippen LogP contribution in [0.3, 0.4) is 0 Å². The monoisotopic (exact) mass is 290 g/mol. The molecule has 20 heavy (non-hydrogen) atoms. The van der Waals surface area contributed by atoms with E-state index in [0.29, 0.717) is 6.42 Å². The number of aliphatic carboxylic acids is 1. The Balaban J connectivity index is 4.12. The van der Waals surface area contributed by atoms with Gasteiger partial charge >= 0.3 is 5.97 Å². The van der Waals surface area contributed by atoms with Gasteiger partial charge in [0.25, 0.3) is 0 Å². The maximum atomic E-state index is 11.7. The van der Waals surface area contributed by atoms with E-state index in [1.54, 1.807) is 0 Å². The van der Waals surface area contributed by atoms with Crippen LogP contribution in [0.5, 0.6) is 0 Å². The molecular formula is C12H22N2O6. The van der Waals surface area contributed by atoms with Gasteiger partial charge in [0.15, 0.2) is 6.29 Å². The predicted octanol–water partition coefficient (Wildman–Crippen LogP) is -1.09. The van der Waals surface area contributed by atoms with Gasteiger partial charge in [-0.1, -0.05) is 13.3 Å². The number of nitrogens with zero attached hydrogens (tertiary/aromatic N) is 1. The van der Waals surface area contributed by atoms with Gasteiger partial charge < -0.3 is 25.5 Å². The lowest BCUT2D eigenvalue weighted by Crippen LogP contribution is -2.42. The van der Waals surface area contributed by atoms with E-state index in [1.807, 2.05) is 6.92 Å². The standard InChI is InChI=1S/C12H22N2O6/c1-2-3-4-9(15)13-6-5-10(16)14(7-11(17)18)8-12(19)20/h11,17-18H,2-8H2,1H3,(H,13,15)(H,19,20). The van der Waals surface area contributed by atoms with Gasteiger partial charge in [-0.15, -0.1) is 0 Å². The third kappa shape index (κ3) is 9.29. The van der Waals surface area contributed by atoms with Crippen molar-refractivity contribution in [2.75, 3.05) is 19.6 Å². The van der Waals surface area contributed by atoms with E-state index < -0.39 is 31.3 Å². The molecule has 4 N–H and O–H groups in total. The lowest BCUT2D eigenvalue weighted by Gasteiger charge is -2.21. The molecule has 0 rings (SSSR count). The summed E-state index contributed by atoms with van der Waals surface area (Å²) in [5.41, 5.74) is 0. The van der Waals surface area contributed by atoms with Gasteiger partial charge in [0.2, 0.25) is 11.8 Å². The summed E-state index contributed by atoms with van der Waals surface area (Å²) in [5, 5.41) is 28.8. The summed E-state index contributed by atoms with van der Waals surface area (Å²) >= 11 is 0. The zero-order valence-electron chi connectivity index (χ0n) is 11.5. The summed E-state index contributed by atoms with van der Waals surface area (Å²) in [6.45, 7) is 0.967. The van der Waals surface area contributed by atoms with Gasteiger partial charge in [-0.25, -0.2) is 0 Å². The lowest BCUT2D eigenvalue weighted by molar-refractivity contribution is -0.148. The second kappa shape index (κ2) is 10.2. The van der Waals surface area contributed by atoms with Crippen molar-refractivity contribution in [2.45, 2.75) is 38.9 Å². The molecule has 0 aliphatic rings. The second-order valence-electron chi connectivity index (χ2n) is 4.35. The number of aliphatic hydroxyl groups excluding tert-OH is 1. The fraction of sp³-hybridized carbons (Fsp3) is 0.750. The van der Waals surface area contributed by atoms with Crippen molar-refractivity contribution in [2.24, 2.45) is 0 Å². The van der Waals surface area contributed by atoms with E-state index in [2.05, 4.69) is 5.32 Å². The van der Waals surface area contributed by atoms with Gasteiger partial charge in [-0.05, 0) is 6.42 Å². The predicted molar refractivity (Wildman–Crippen MR) is 69.6 cm³/mol. The molecule has 116 valence electrons. The Bertz CT molecular complexity index is 332. The smallest absolute Gasteiger partial charge is 0.323 e. The highest BCUT2D eigenvalue weighted by molar-refractivity contribution is 5.82. The summed E-state index contributed by atoms with van der Waals surface area (Å²) in [7, 11) is 0. The van der Waals surface area contributed by atoms with Crippen LogP contribution in [0.25, 0.3) is 0 Å². The topological polar surface area (TPSA) is 127 Å². The van der Waals surface area contributed by atoms with Crippen molar-refractivity contribution in [3.8, 4) is 0 Å². The number of nitrogens with one attached hydrogen (secondary N) is 1. The Morgan fingerprint density at radius 2 is 1.85 bits per heavy atom. The zero-order valence-corrected chi connectivity index (χ0v) is 11.5. The molecule has 0 aliphatic heterocycles. The van der Waals surface area contributed by atoms with Crippen molar-refractivity contribution < 1.29 is 29.7 Å². The summed E-state index contributed by atoms with van der Waals surface area (Å²) in [5.74, 6) is -1.96. The zero-order chi connectivity index (χ0) is 15.5. The second-order valence-corrected chi connectivity index (χ2v) is 4.35. The summed E-state index contributed by atoms with van der Waals surface area (Å²) < 4.78 is 0. The fourth-order valence-corrected chi connectivity index (χ4v) is 1.51. The Kier molecular flexibility index (Phi) is 9.31. The Hall–Kier alpha value is -1.67. The fourth-order valence-electron chi connectivity index (χ4n) is 1.51.